The first-order valence-corrected chi connectivity index (χ1v) is 13.8. The van der Waals surface area contributed by atoms with Gasteiger partial charge < -0.3 is 19.2 Å². The number of carbonyl (C=O) groups is 2. The first-order valence-electron chi connectivity index (χ1n) is 11.9. The lowest BCUT2D eigenvalue weighted by molar-refractivity contribution is -0.143. The van der Waals surface area contributed by atoms with Gasteiger partial charge in [0, 0.05) is 0 Å². The van der Waals surface area contributed by atoms with Crippen LogP contribution in [-0.4, -0.2) is 45.7 Å². The molecule has 1 amide bonds. The maximum absolute atomic E-state index is 12.2. The van der Waals surface area contributed by atoms with E-state index in [2.05, 4.69) is 50.4 Å². The zero-order chi connectivity index (χ0) is 26.1. The molecule has 0 saturated carbocycles. The van der Waals surface area contributed by atoms with Crippen LogP contribution in [0.2, 0.25) is 5.04 Å². The fraction of sp³-hybridized carbons (Fsp3) is 0.429. The number of rotatable bonds is 9. The zero-order valence-electron chi connectivity index (χ0n) is 22.0. The second-order valence-electron chi connectivity index (χ2n) is 10.4. The molecule has 6 nitrogen and oxygen atoms in total. The molecule has 0 heterocycles. The van der Waals surface area contributed by atoms with E-state index in [1.165, 1.54) is 17.5 Å². The van der Waals surface area contributed by atoms with Gasteiger partial charge in [-0.1, -0.05) is 93.6 Å². The van der Waals surface area contributed by atoms with Crippen LogP contribution >= 0.6 is 0 Å². The molecular formula is C28H39NO5Si. The van der Waals surface area contributed by atoms with Gasteiger partial charge in [0.1, 0.15) is 11.6 Å². The number of esters is 1. The molecule has 1 unspecified atom stereocenters. The molecule has 35 heavy (non-hydrogen) atoms. The van der Waals surface area contributed by atoms with Gasteiger partial charge in [-0.15, -0.1) is 0 Å². The van der Waals surface area contributed by atoms with Crippen molar-refractivity contribution in [1.82, 2.24) is 5.32 Å². The highest BCUT2D eigenvalue weighted by molar-refractivity contribution is 6.99. The van der Waals surface area contributed by atoms with E-state index in [0.29, 0.717) is 6.61 Å². The van der Waals surface area contributed by atoms with Gasteiger partial charge in [0.15, 0.2) is 0 Å². The Labute approximate surface area is 210 Å². The summed E-state index contributed by atoms with van der Waals surface area (Å²) in [5, 5.41) is 4.86. The minimum absolute atomic E-state index is 0.129. The van der Waals surface area contributed by atoms with E-state index in [0.717, 1.165) is 0 Å². The monoisotopic (exact) mass is 497 g/mol. The lowest BCUT2D eigenvalue weighted by Gasteiger charge is -2.42. The predicted octanol–water partition coefficient (Wildman–Crippen LogP) is 4.58. The van der Waals surface area contributed by atoms with Crippen LogP contribution in [-0.2, 0) is 18.7 Å². The number of hydrogen-bond donors (Lipinski definition) is 1. The summed E-state index contributed by atoms with van der Waals surface area (Å²) < 4.78 is 16.9. The van der Waals surface area contributed by atoms with Crippen molar-refractivity contribution >= 4 is 30.8 Å². The second-order valence-corrected chi connectivity index (χ2v) is 14.7. The summed E-state index contributed by atoms with van der Waals surface area (Å²) >= 11 is 0. The topological polar surface area (TPSA) is 73.9 Å². The molecule has 2 rings (SSSR count). The summed E-state index contributed by atoms with van der Waals surface area (Å²) in [7, 11) is -1.35. The van der Waals surface area contributed by atoms with Crippen LogP contribution in [0.5, 0.6) is 0 Å². The van der Waals surface area contributed by atoms with Crippen LogP contribution in [0, 0.1) is 0 Å². The number of nitrogens with one attached hydrogen (secondary N) is 1. The molecule has 0 aliphatic carbocycles. The van der Waals surface area contributed by atoms with Gasteiger partial charge in [0.05, 0.1) is 13.7 Å². The molecule has 0 aliphatic rings. The smallest absolute Gasteiger partial charge is 0.408 e. The van der Waals surface area contributed by atoms with Gasteiger partial charge in [0.2, 0.25) is 0 Å². The van der Waals surface area contributed by atoms with Crippen LogP contribution in [0.4, 0.5) is 4.79 Å². The van der Waals surface area contributed by atoms with Crippen molar-refractivity contribution in [2.24, 2.45) is 0 Å². The van der Waals surface area contributed by atoms with Crippen LogP contribution in [0.3, 0.4) is 0 Å². The van der Waals surface area contributed by atoms with E-state index in [-0.39, 0.29) is 11.5 Å². The Morgan fingerprint density at radius 2 is 1.40 bits per heavy atom. The summed E-state index contributed by atoms with van der Waals surface area (Å²) in [6.45, 7) is 12.3. The Balaban J connectivity index is 2.21. The second kappa shape index (κ2) is 12.2. The van der Waals surface area contributed by atoms with Crippen molar-refractivity contribution in [2.45, 2.75) is 64.6 Å². The third-order valence-electron chi connectivity index (χ3n) is 5.53. The highest BCUT2D eigenvalue weighted by Gasteiger charge is 2.49. The fourth-order valence-corrected chi connectivity index (χ4v) is 8.54. The summed E-state index contributed by atoms with van der Waals surface area (Å²) in [5.74, 6) is -0.534. The Hall–Kier alpha value is -2.90. The predicted molar refractivity (Wildman–Crippen MR) is 143 cm³/mol. The number of alkyl carbamates (subject to hydrolysis) is 1. The van der Waals surface area contributed by atoms with Crippen molar-refractivity contribution in [3.8, 4) is 0 Å². The zero-order valence-corrected chi connectivity index (χ0v) is 23.0. The van der Waals surface area contributed by atoms with E-state index in [4.69, 9.17) is 13.9 Å². The van der Waals surface area contributed by atoms with Crippen LogP contribution in [0.1, 0.15) is 48.0 Å². The van der Waals surface area contributed by atoms with E-state index >= 15 is 0 Å². The average Bonchev–Trinajstić information content (AvgIpc) is 2.79. The molecule has 2 aromatic rings. The maximum atomic E-state index is 12.2. The number of carbonyl (C=O) groups excluding carboxylic acids is 2. The average molecular weight is 498 g/mol. The summed E-state index contributed by atoms with van der Waals surface area (Å²) in [6.07, 6.45) is 3.32. The third-order valence-corrected chi connectivity index (χ3v) is 10.5. The van der Waals surface area contributed by atoms with Gasteiger partial charge in [-0.05, 0) is 42.6 Å². The standard InChI is InChI=1S/C28H39NO5Si/c1-27(2,3)34-26(31)29-24(25(30)32-7)20-14-15-21-33-35(28(4,5)6,22-16-10-8-11-17-22)23-18-12-9-13-19-23/h8-19,24H,20-21H2,1-7H3,(H,29,31)/b15-14-. The summed E-state index contributed by atoms with van der Waals surface area (Å²) in [6, 6.07) is 20.0. The molecule has 1 atom stereocenters. The largest absolute Gasteiger partial charge is 0.467 e. The van der Waals surface area contributed by atoms with Crippen molar-refractivity contribution < 1.29 is 23.5 Å². The van der Waals surface area contributed by atoms with Crippen molar-refractivity contribution in [3.63, 3.8) is 0 Å². The summed E-state index contributed by atoms with van der Waals surface area (Å²) in [5.41, 5.74) is -0.662. The number of benzene rings is 2. The Bertz CT molecular complexity index is 938. The molecule has 0 spiro atoms. The molecule has 0 bridgehead atoms. The first-order chi connectivity index (χ1) is 16.4. The Morgan fingerprint density at radius 3 is 1.83 bits per heavy atom. The minimum Gasteiger partial charge on any atom is -0.467 e. The molecule has 2 aromatic carbocycles. The van der Waals surface area contributed by atoms with Crippen LogP contribution < -0.4 is 15.7 Å². The third kappa shape index (κ3) is 7.80. The van der Waals surface area contributed by atoms with Gasteiger partial charge in [-0.3, -0.25) is 0 Å². The molecule has 0 aromatic heterocycles. The van der Waals surface area contributed by atoms with E-state index in [1.54, 1.807) is 20.8 Å². The number of hydrogen-bond acceptors (Lipinski definition) is 5. The highest BCUT2D eigenvalue weighted by Crippen LogP contribution is 2.36. The van der Waals surface area contributed by atoms with Gasteiger partial charge in [-0.2, -0.15) is 0 Å². The van der Waals surface area contributed by atoms with Crippen molar-refractivity contribution in [2.75, 3.05) is 13.7 Å². The molecule has 1 N–H and O–H groups in total. The van der Waals surface area contributed by atoms with Crippen LogP contribution in [0.15, 0.2) is 72.8 Å². The number of amides is 1. The molecular weight excluding hydrogens is 458 g/mol. The van der Waals surface area contributed by atoms with Gasteiger partial charge >= 0.3 is 12.1 Å². The van der Waals surface area contributed by atoms with E-state index < -0.39 is 32.0 Å². The fourth-order valence-electron chi connectivity index (χ4n) is 4.04. The quantitative estimate of drug-likeness (QED) is 0.312. The highest BCUT2D eigenvalue weighted by atomic mass is 28.4. The normalized spacial score (nSPS) is 13.3. The van der Waals surface area contributed by atoms with Crippen molar-refractivity contribution in [1.29, 1.82) is 0 Å². The molecule has 0 aliphatic heterocycles. The Morgan fingerprint density at radius 1 is 0.886 bits per heavy atom. The van der Waals surface area contributed by atoms with E-state index in [9.17, 15) is 9.59 Å². The lowest BCUT2D eigenvalue weighted by atomic mass is 10.2. The van der Waals surface area contributed by atoms with Crippen LogP contribution in [0.25, 0.3) is 0 Å². The minimum atomic E-state index is -2.64. The van der Waals surface area contributed by atoms with Gasteiger partial charge in [-0.25, -0.2) is 9.59 Å². The molecule has 7 heteroatoms. The Kier molecular flexibility index (Phi) is 9.86. The lowest BCUT2D eigenvalue weighted by Crippen LogP contribution is -2.66. The molecule has 0 fully saturated rings. The first kappa shape index (κ1) is 28.3. The van der Waals surface area contributed by atoms with Crippen molar-refractivity contribution in [3.05, 3.63) is 72.8 Å². The molecule has 190 valence electrons. The number of methoxy groups -OCH3 is 1. The maximum Gasteiger partial charge on any atom is 0.408 e. The molecule has 0 radical (unpaired) electrons. The summed E-state index contributed by atoms with van der Waals surface area (Å²) in [4.78, 5) is 24.3. The molecule has 0 saturated heterocycles. The van der Waals surface area contributed by atoms with E-state index in [1.807, 2.05) is 48.6 Å². The van der Waals surface area contributed by atoms with Gasteiger partial charge in [0.25, 0.3) is 8.32 Å². The SMILES string of the molecule is COC(=O)C(C/C=C\CO[Si](c1ccccc1)(c1ccccc1)C(C)(C)C)NC(=O)OC(C)(C)C. The number of ether oxygens (including phenoxy) is 2.